The zero-order valence-corrected chi connectivity index (χ0v) is 56.4. The molecular formula is C66H92BBrN4O14. The summed E-state index contributed by atoms with van der Waals surface area (Å²) in [5, 5.41) is 3.19. The molecule has 0 radical (unpaired) electrons. The molecule has 0 aromatic heterocycles. The van der Waals surface area contributed by atoms with Crippen molar-refractivity contribution in [3.63, 3.8) is 0 Å². The van der Waals surface area contributed by atoms with Crippen molar-refractivity contribution in [1.82, 2.24) is 9.80 Å². The van der Waals surface area contributed by atoms with E-state index in [-0.39, 0.29) is 30.5 Å². The van der Waals surface area contributed by atoms with Crippen LogP contribution in [0.4, 0.5) is 40.1 Å². The Bertz CT molecular complexity index is 3130. The summed E-state index contributed by atoms with van der Waals surface area (Å²) in [4.78, 5) is 82.0. The topological polar surface area (TPSA) is 189 Å². The lowest BCUT2D eigenvalue weighted by Crippen LogP contribution is -2.44. The van der Waals surface area contributed by atoms with Crippen molar-refractivity contribution in [3.8, 4) is 0 Å². The molecule has 0 spiro atoms. The molecule has 0 atom stereocenters. The van der Waals surface area contributed by atoms with Crippen LogP contribution in [0.1, 0.15) is 171 Å². The van der Waals surface area contributed by atoms with Gasteiger partial charge in [0.25, 0.3) is 0 Å². The van der Waals surface area contributed by atoms with Crippen molar-refractivity contribution < 1.29 is 66.5 Å². The first kappa shape index (κ1) is 70.1. The van der Waals surface area contributed by atoms with Gasteiger partial charge in [-0.2, -0.15) is 9.80 Å². The fourth-order valence-electron chi connectivity index (χ4n) is 8.76. The summed E-state index contributed by atoms with van der Waals surface area (Å²) in [6.45, 7) is 42.4. The molecule has 470 valence electrons. The van der Waals surface area contributed by atoms with Gasteiger partial charge in [-0.1, -0.05) is 82.7 Å². The highest BCUT2D eigenvalue weighted by Crippen LogP contribution is 2.41. The van der Waals surface area contributed by atoms with E-state index in [0.29, 0.717) is 49.4 Å². The minimum Gasteiger partial charge on any atom is -0.444 e. The number of hydrogen-bond acceptors (Lipinski definition) is 14. The van der Waals surface area contributed by atoms with Gasteiger partial charge in [0.15, 0.2) is 0 Å². The summed E-state index contributed by atoms with van der Waals surface area (Å²) < 4.78 is 45.9. The number of carbonyl (C=O) groups is 6. The molecule has 18 nitrogen and oxygen atoms in total. The van der Waals surface area contributed by atoms with Crippen molar-refractivity contribution >= 4 is 98.1 Å². The molecule has 3 aliphatic heterocycles. The van der Waals surface area contributed by atoms with E-state index < -0.39 is 58.0 Å². The average Bonchev–Trinajstić information content (AvgIpc) is 1.62. The van der Waals surface area contributed by atoms with E-state index in [0.717, 1.165) is 53.5 Å². The summed E-state index contributed by atoms with van der Waals surface area (Å²) in [7, 11) is -0.314. The lowest BCUT2D eigenvalue weighted by atomic mass is 9.75. The van der Waals surface area contributed by atoms with Gasteiger partial charge in [0.05, 0.1) is 22.6 Å². The highest BCUT2D eigenvalue weighted by Gasteiger charge is 2.52. The Labute approximate surface area is 518 Å². The van der Waals surface area contributed by atoms with Gasteiger partial charge in [0, 0.05) is 41.4 Å². The van der Waals surface area contributed by atoms with Crippen molar-refractivity contribution in [2.45, 2.75) is 210 Å². The number of benzene rings is 4. The monoisotopic (exact) mass is 1250 g/mol. The normalized spacial score (nSPS) is 16.2. The fraction of sp³-hybridized carbons (Fsp3) is 0.545. The second-order valence-corrected chi connectivity index (χ2v) is 29.2. The first-order valence-electron chi connectivity index (χ1n) is 29.2. The van der Waals surface area contributed by atoms with Crippen LogP contribution >= 0.6 is 15.9 Å². The minimum absolute atomic E-state index is 0.267. The number of rotatable bonds is 4. The molecule has 1 saturated heterocycles. The highest BCUT2D eigenvalue weighted by atomic mass is 79.9. The summed E-state index contributed by atoms with van der Waals surface area (Å²) in [6.07, 6.45) is 1.65. The van der Waals surface area contributed by atoms with E-state index in [9.17, 15) is 28.8 Å². The Morgan fingerprint density at radius 3 is 1.14 bits per heavy atom. The molecule has 0 bridgehead atoms. The molecule has 0 unspecified atom stereocenters. The number of ether oxygens (including phenoxy) is 6. The molecule has 3 aliphatic rings. The van der Waals surface area contributed by atoms with Crippen LogP contribution in [0.25, 0.3) is 27.1 Å². The number of halogens is 1. The Morgan fingerprint density at radius 2 is 0.791 bits per heavy atom. The number of fused-ring (bicyclic) bond motifs is 2. The van der Waals surface area contributed by atoms with Crippen LogP contribution in [0.5, 0.6) is 0 Å². The van der Waals surface area contributed by atoms with E-state index in [2.05, 4.69) is 15.9 Å². The third kappa shape index (κ3) is 20.0. The first-order chi connectivity index (χ1) is 39.3. The van der Waals surface area contributed by atoms with Crippen LogP contribution in [-0.2, 0) is 37.7 Å². The number of hydrogen-bond donors (Lipinski definition) is 0. The van der Waals surface area contributed by atoms with E-state index in [1.54, 1.807) is 111 Å². The van der Waals surface area contributed by atoms with Gasteiger partial charge in [-0.25, -0.2) is 28.8 Å². The van der Waals surface area contributed by atoms with Crippen LogP contribution in [0.15, 0.2) is 94.9 Å². The van der Waals surface area contributed by atoms with Gasteiger partial charge in [-0.05, 0) is 211 Å². The molecule has 86 heavy (non-hydrogen) atoms. The predicted molar refractivity (Wildman–Crippen MR) is 342 cm³/mol. The van der Waals surface area contributed by atoms with Crippen LogP contribution in [0, 0.1) is 0 Å². The molecule has 3 heterocycles. The molecule has 0 saturated carbocycles. The third-order valence-corrected chi connectivity index (χ3v) is 13.9. The quantitative estimate of drug-likeness (QED) is 0.139. The summed E-state index contributed by atoms with van der Waals surface area (Å²) in [6, 6.07) is 22.2. The molecule has 7 rings (SSSR count). The van der Waals surface area contributed by atoms with E-state index in [1.807, 2.05) is 136 Å². The second kappa shape index (κ2) is 26.8. The van der Waals surface area contributed by atoms with Crippen molar-refractivity contribution in [1.29, 1.82) is 0 Å². The van der Waals surface area contributed by atoms with Gasteiger partial charge >= 0.3 is 43.7 Å². The van der Waals surface area contributed by atoms with Crippen LogP contribution in [0.3, 0.4) is 0 Å². The Balaban J connectivity index is 0.000000246. The predicted octanol–water partition coefficient (Wildman–Crippen LogP) is 17.0. The zero-order chi connectivity index (χ0) is 64.9. The molecule has 1 fully saturated rings. The standard InChI is InChI=1S/C30H40N2O6.C20H24BrNO4.C16H28BNO4/c1-28(2,3)36-25(33)31-18-16-20(17-19-31)21-14-15-24(23-13-11-10-12-22(21)23)32(26(34)37-29(4,5)6)27(35)38-30(7,8)9;1-19(2,3)25-17(23)22(18(24)26-20(4,5)6)16-12-11-15(21)13-9-7-8-10-14(13)16;1-14(2,3)20-13(19)18-10-8-12(9-11-18)17-21-15(4,5)16(6,7)22-17/h10-16H,17-19H2,1-9H3;7-12H,1-6H3;8H,9-11H2,1-7H3. The molecular weight excluding hydrogens is 1160 g/mol. The molecule has 20 heteroatoms. The number of carbonyl (C=O) groups excluding carboxylic acids is 6. The molecule has 4 aromatic rings. The fourth-order valence-corrected chi connectivity index (χ4v) is 9.24. The van der Waals surface area contributed by atoms with Crippen molar-refractivity contribution in [2.75, 3.05) is 36.0 Å². The first-order valence-corrected chi connectivity index (χ1v) is 30.0. The maximum atomic E-state index is 13.3. The maximum absolute atomic E-state index is 13.3. The molecule has 0 N–H and O–H groups in total. The average molecular weight is 1260 g/mol. The second-order valence-electron chi connectivity index (χ2n) is 28.3. The number of nitrogens with zero attached hydrogens (tertiary/aromatic N) is 4. The Hall–Kier alpha value is -6.64. The lowest BCUT2D eigenvalue weighted by molar-refractivity contribution is 0.00578. The third-order valence-electron chi connectivity index (χ3n) is 13.2. The molecule has 4 aromatic carbocycles. The van der Waals surface area contributed by atoms with Crippen LogP contribution in [-0.4, -0.2) is 124 Å². The maximum Gasteiger partial charge on any atom is 0.490 e. The van der Waals surface area contributed by atoms with Gasteiger partial charge < -0.3 is 47.5 Å². The number of imide groups is 2. The Kier molecular flexibility index (Phi) is 21.8. The minimum atomic E-state index is -0.811. The number of amides is 6. The molecule has 6 amide bonds. The van der Waals surface area contributed by atoms with E-state index >= 15 is 0 Å². The lowest BCUT2D eigenvalue weighted by Gasteiger charge is -2.32. The van der Waals surface area contributed by atoms with E-state index in [1.165, 1.54) is 0 Å². The highest BCUT2D eigenvalue weighted by molar-refractivity contribution is 9.10. The molecule has 0 aliphatic carbocycles. The van der Waals surface area contributed by atoms with E-state index in [4.69, 9.17) is 37.7 Å². The summed E-state index contributed by atoms with van der Waals surface area (Å²) in [5.41, 5.74) is -0.846. The van der Waals surface area contributed by atoms with Gasteiger partial charge in [-0.3, -0.25) is 0 Å². The van der Waals surface area contributed by atoms with Crippen LogP contribution in [0.2, 0.25) is 0 Å². The Morgan fingerprint density at radius 1 is 0.453 bits per heavy atom. The summed E-state index contributed by atoms with van der Waals surface area (Å²) >= 11 is 3.50. The largest absolute Gasteiger partial charge is 0.490 e. The number of anilines is 2. The summed E-state index contributed by atoms with van der Waals surface area (Å²) in [5.74, 6) is 0. The van der Waals surface area contributed by atoms with Gasteiger partial charge in [-0.15, -0.1) is 0 Å². The van der Waals surface area contributed by atoms with Gasteiger partial charge in [0.2, 0.25) is 0 Å². The van der Waals surface area contributed by atoms with Gasteiger partial charge in [0.1, 0.15) is 33.6 Å². The van der Waals surface area contributed by atoms with Crippen molar-refractivity contribution in [2.24, 2.45) is 0 Å². The van der Waals surface area contributed by atoms with Crippen LogP contribution < -0.4 is 9.80 Å². The smallest absolute Gasteiger partial charge is 0.444 e. The SMILES string of the molecule is CC(C)(C)OC(=O)N(C(=O)OC(C)(C)C)c1ccc(Br)c2ccccc12.CC(C)(C)OC(=O)N1CC=C(B2OC(C)(C)C(C)(C)O2)CC1.CC(C)(C)OC(=O)N1CC=C(c2ccc(N(C(=O)OC(C)(C)C)C(=O)OC(C)(C)C)c3ccccc23)CC1. The zero-order valence-electron chi connectivity index (χ0n) is 54.8. The van der Waals surface area contributed by atoms with Crippen molar-refractivity contribution in [3.05, 3.63) is 100 Å².